The molecule has 0 amide bonds. The molecule has 3 rings (SSSR count). The fraction of sp³-hybridized carbons (Fsp3) is 0.188. The van der Waals surface area contributed by atoms with Crippen LogP contribution in [0.5, 0.6) is 0 Å². The second-order valence-corrected chi connectivity index (χ2v) is 5.72. The molecule has 2 heterocycles. The van der Waals surface area contributed by atoms with Crippen LogP contribution in [0, 0.1) is 0 Å². The first-order chi connectivity index (χ1) is 11.2. The van der Waals surface area contributed by atoms with Gasteiger partial charge in [-0.1, -0.05) is 42.1 Å². The van der Waals surface area contributed by atoms with Crippen LogP contribution < -0.4 is 0 Å². The van der Waals surface area contributed by atoms with Gasteiger partial charge in [-0.05, 0) is 19.1 Å². The molecule has 0 atom stereocenters. The van der Waals surface area contributed by atoms with Gasteiger partial charge in [0, 0.05) is 12.1 Å². The van der Waals surface area contributed by atoms with E-state index in [2.05, 4.69) is 10.2 Å². The number of nitrogens with zero attached hydrogens (tertiary/aromatic N) is 3. The number of carboxylic acids is 1. The molecule has 0 aliphatic heterocycles. The van der Waals surface area contributed by atoms with Gasteiger partial charge >= 0.3 is 5.97 Å². The highest BCUT2D eigenvalue weighted by Crippen LogP contribution is 2.26. The summed E-state index contributed by atoms with van der Waals surface area (Å²) in [7, 11) is 0. The number of aromatic carboxylic acids is 1. The minimum absolute atomic E-state index is 0.0532. The van der Waals surface area contributed by atoms with Crippen LogP contribution in [-0.2, 0) is 12.3 Å². The Balaban J connectivity index is 1.78. The number of aromatic nitrogens is 3. The van der Waals surface area contributed by atoms with Gasteiger partial charge in [0.05, 0.1) is 5.75 Å². The highest BCUT2D eigenvalue weighted by atomic mass is 32.2. The van der Waals surface area contributed by atoms with Gasteiger partial charge in [-0.3, -0.25) is 0 Å². The molecule has 118 valence electrons. The smallest absolute Gasteiger partial charge is 0.371 e. The Morgan fingerprint density at radius 2 is 2.00 bits per heavy atom. The second-order valence-electron chi connectivity index (χ2n) is 4.78. The van der Waals surface area contributed by atoms with Crippen molar-refractivity contribution in [3.05, 3.63) is 54.0 Å². The number of carbonyl (C=O) groups is 1. The van der Waals surface area contributed by atoms with Gasteiger partial charge in [0.2, 0.25) is 5.76 Å². The number of rotatable bonds is 6. The Labute approximate surface area is 137 Å². The molecule has 0 unspecified atom stereocenters. The van der Waals surface area contributed by atoms with Gasteiger partial charge in [0.25, 0.3) is 0 Å². The van der Waals surface area contributed by atoms with Crippen molar-refractivity contribution in [1.82, 2.24) is 14.8 Å². The van der Waals surface area contributed by atoms with E-state index in [0.29, 0.717) is 11.5 Å². The van der Waals surface area contributed by atoms with E-state index < -0.39 is 5.97 Å². The van der Waals surface area contributed by atoms with E-state index >= 15 is 0 Å². The molecule has 1 aromatic carbocycles. The van der Waals surface area contributed by atoms with Crippen molar-refractivity contribution >= 4 is 17.7 Å². The molecule has 0 spiro atoms. The summed E-state index contributed by atoms with van der Waals surface area (Å²) in [5.41, 5.74) is 1.01. The third kappa shape index (κ3) is 3.29. The Morgan fingerprint density at radius 1 is 1.22 bits per heavy atom. The van der Waals surface area contributed by atoms with Crippen LogP contribution >= 0.6 is 11.8 Å². The summed E-state index contributed by atoms with van der Waals surface area (Å²) in [5.74, 6) is 0.799. The summed E-state index contributed by atoms with van der Waals surface area (Å²) in [6, 6.07) is 13.0. The molecule has 0 aliphatic carbocycles. The normalized spacial score (nSPS) is 10.8. The number of hydrogen-bond acceptors (Lipinski definition) is 5. The average molecular weight is 329 g/mol. The SMILES string of the molecule is CCn1c(SCc2ccc(C(=O)O)o2)nnc1-c1ccccc1. The maximum atomic E-state index is 10.8. The predicted molar refractivity (Wildman–Crippen MR) is 86.4 cm³/mol. The van der Waals surface area contributed by atoms with Crippen LogP contribution in [0.3, 0.4) is 0 Å². The molecule has 0 saturated carbocycles. The number of benzene rings is 1. The maximum absolute atomic E-state index is 10.8. The molecule has 23 heavy (non-hydrogen) atoms. The van der Waals surface area contributed by atoms with Gasteiger partial charge in [0.15, 0.2) is 11.0 Å². The van der Waals surface area contributed by atoms with Crippen LogP contribution in [0.15, 0.2) is 52.0 Å². The molecular weight excluding hydrogens is 314 g/mol. The minimum Gasteiger partial charge on any atom is -0.475 e. The van der Waals surface area contributed by atoms with Gasteiger partial charge in [0.1, 0.15) is 5.76 Å². The molecule has 0 aliphatic rings. The summed E-state index contributed by atoms with van der Waals surface area (Å²) in [6.07, 6.45) is 0. The number of carboxylic acid groups (broad SMARTS) is 1. The van der Waals surface area contributed by atoms with Crippen LogP contribution in [0.1, 0.15) is 23.2 Å². The summed E-state index contributed by atoms with van der Waals surface area (Å²) >= 11 is 1.47. The molecule has 0 radical (unpaired) electrons. The van der Waals surface area contributed by atoms with E-state index in [9.17, 15) is 4.79 Å². The quantitative estimate of drug-likeness (QED) is 0.697. The zero-order chi connectivity index (χ0) is 16.2. The number of furan rings is 1. The zero-order valence-corrected chi connectivity index (χ0v) is 13.3. The molecule has 2 aromatic heterocycles. The minimum atomic E-state index is -1.07. The van der Waals surface area contributed by atoms with Crippen LogP contribution in [0.25, 0.3) is 11.4 Å². The maximum Gasteiger partial charge on any atom is 0.371 e. The molecule has 0 saturated heterocycles. The Hall–Kier alpha value is -2.54. The van der Waals surface area contributed by atoms with E-state index in [1.807, 2.05) is 41.8 Å². The predicted octanol–water partition coefficient (Wildman–Crippen LogP) is 3.55. The summed E-state index contributed by atoms with van der Waals surface area (Å²) in [4.78, 5) is 10.8. The van der Waals surface area contributed by atoms with Gasteiger partial charge in [-0.15, -0.1) is 10.2 Å². The van der Waals surface area contributed by atoms with Gasteiger partial charge in [-0.25, -0.2) is 4.79 Å². The zero-order valence-electron chi connectivity index (χ0n) is 12.5. The van der Waals surface area contributed by atoms with Crippen molar-refractivity contribution in [1.29, 1.82) is 0 Å². The second kappa shape index (κ2) is 6.70. The van der Waals surface area contributed by atoms with E-state index in [1.165, 1.54) is 17.8 Å². The van der Waals surface area contributed by atoms with Crippen molar-refractivity contribution < 1.29 is 14.3 Å². The first kappa shape index (κ1) is 15.4. The monoisotopic (exact) mass is 329 g/mol. The van der Waals surface area contributed by atoms with E-state index in [1.54, 1.807) is 6.07 Å². The number of thioether (sulfide) groups is 1. The molecule has 1 N–H and O–H groups in total. The lowest BCUT2D eigenvalue weighted by atomic mass is 10.2. The lowest BCUT2D eigenvalue weighted by molar-refractivity contribution is 0.0661. The third-order valence-corrected chi connectivity index (χ3v) is 4.27. The fourth-order valence-electron chi connectivity index (χ4n) is 2.19. The van der Waals surface area contributed by atoms with Crippen LogP contribution in [0.4, 0.5) is 0 Å². The summed E-state index contributed by atoms with van der Waals surface area (Å²) in [5, 5.41) is 18.2. The van der Waals surface area contributed by atoms with Crippen molar-refractivity contribution in [2.45, 2.75) is 24.4 Å². The molecule has 3 aromatic rings. The first-order valence-corrected chi connectivity index (χ1v) is 8.11. The highest BCUT2D eigenvalue weighted by Gasteiger charge is 2.14. The molecule has 6 nitrogen and oxygen atoms in total. The third-order valence-electron chi connectivity index (χ3n) is 3.28. The largest absolute Gasteiger partial charge is 0.475 e. The van der Waals surface area contributed by atoms with Crippen LogP contribution in [0.2, 0.25) is 0 Å². The van der Waals surface area contributed by atoms with Crippen molar-refractivity contribution in [2.24, 2.45) is 0 Å². The van der Waals surface area contributed by atoms with E-state index in [0.717, 1.165) is 23.1 Å². The molecule has 0 fully saturated rings. The topological polar surface area (TPSA) is 81.2 Å². The molecule has 0 bridgehead atoms. The van der Waals surface area contributed by atoms with Crippen molar-refractivity contribution in [3.63, 3.8) is 0 Å². The van der Waals surface area contributed by atoms with Gasteiger partial charge < -0.3 is 14.1 Å². The lowest BCUT2D eigenvalue weighted by Gasteiger charge is -2.06. The van der Waals surface area contributed by atoms with Crippen molar-refractivity contribution in [2.75, 3.05) is 0 Å². The Bertz CT molecular complexity index is 811. The van der Waals surface area contributed by atoms with Gasteiger partial charge in [-0.2, -0.15) is 0 Å². The first-order valence-electron chi connectivity index (χ1n) is 7.12. The fourth-order valence-corrected chi connectivity index (χ4v) is 3.08. The molecule has 7 heteroatoms. The Kier molecular flexibility index (Phi) is 4.47. The van der Waals surface area contributed by atoms with E-state index in [4.69, 9.17) is 9.52 Å². The Morgan fingerprint density at radius 3 is 2.65 bits per heavy atom. The molecular formula is C16H15N3O3S. The van der Waals surface area contributed by atoms with Crippen molar-refractivity contribution in [3.8, 4) is 11.4 Å². The summed E-state index contributed by atoms with van der Waals surface area (Å²) in [6.45, 7) is 2.79. The van der Waals surface area contributed by atoms with Crippen LogP contribution in [-0.4, -0.2) is 25.8 Å². The van der Waals surface area contributed by atoms with E-state index in [-0.39, 0.29) is 5.76 Å². The highest BCUT2D eigenvalue weighted by molar-refractivity contribution is 7.98. The summed E-state index contributed by atoms with van der Waals surface area (Å²) < 4.78 is 7.28. The lowest BCUT2D eigenvalue weighted by Crippen LogP contribution is -1.99. The standard InChI is InChI=1S/C16H15N3O3S/c1-2-19-14(11-6-4-3-5-7-11)17-18-16(19)23-10-12-8-9-13(22-12)15(20)21/h3-9H,2,10H2,1H3,(H,20,21). The average Bonchev–Trinajstić information content (AvgIpc) is 3.20. The number of hydrogen-bond donors (Lipinski definition) is 1.